The van der Waals surface area contributed by atoms with Crippen LogP contribution in [0, 0.1) is 5.92 Å². The third-order valence-electron chi connectivity index (χ3n) is 3.19. The summed E-state index contributed by atoms with van der Waals surface area (Å²) in [5, 5.41) is 15.1. The van der Waals surface area contributed by atoms with E-state index in [1.54, 1.807) is 0 Å². The molecule has 4 heteroatoms. The van der Waals surface area contributed by atoms with Gasteiger partial charge >= 0.3 is 0 Å². The monoisotopic (exact) mass is 213 g/mol. The maximum atomic E-state index is 8.52. The Hall–Kier alpha value is -0.770. The Balaban J connectivity index is 2.23. The van der Waals surface area contributed by atoms with E-state index in [2.05, 4.69) is 10.5 Å². The molecule has 0 bridgehead atoms. The van der Waals surface area contributed by atoms with E-state index >= 15 is 0 Å². The van der Waals surface area contributed by atoms with E-state index in [1.807, 2.05) is 6.92 Å². The van der Waals surface area contributed by atoms with Crippen molar-refractivity contribution in [1.82, 2.24) is 5.32 Å². The zero-order chi connectivity index (χ0) is 11.1. The van der Waals surface area contributed by atoms with Crippen molar-refractivity contribution in [3.8, 4) is 0 Å². The van der Waals surface area contributed by atoms with Crippen molar-refractivity contribution in [3.05, 3.63) is 0 Å². The highest BCUT2D eigenvalue weighted by molar-refractivity contribution is 5.82. The zero-order valence-corrected chi connectivity index (χ0v) is 9.58. The van der Waals surface area contributed by atoms with Crippen LogP contribution in [0.15, 0.2) is 5.16 Å². The van der Waals surface area contributed by atoms with Crippen molar-refractivity contribution in [3.63, 3.8) is 0 Å². The molecule has 1 fully saturated rings. The maximum absolute atomic E-state index is 8.52. The molecule has 1 atom stereocenters. The number of nitrogens with one attached hydrogen (secondary N) is 1. The third kappa shape index (κ3) is 4.51. The number of nitrogens with two attached hydrogens (primary N) is 1. The van der Waals surface area contributed by atoms with Crippen LogP contribution in [0.25, 0.3) is 0 Å². The lowest BCUT2D eigenvalue weighted by Crippen LogP contribution is -2.37. The Morgan fingerprint density at radius 1 is 1.40 bits per heavy atom. The summed E-state index contributed by atoms with van der Waals surface area (Å²) < 4.78 is 0. The first-order chi connectivity index (χ1) is 7.24. The molecule has 1 aliphatic rings. The van der Waals surface area contributed by atoms with Crippen molar-refractivity contribution in [2.75, 3.05) is 6.54 Å². The molecular formula is C11H23N3O. The molecule has 0 spiro atoms. The van der Waals surface area contributed by atoms with Crippen molar-refractivity contribution in [2.24, 2.45) is 16.8 Å². The molecule has 1 aliphatic carbocycles. The predicted molar refractivity (Wildman–Crippen MR) is 62.1 cm³/mol. The fourth-order valence-corrected chi connectivity index (χ4v) is 2.03. The van der Waals surface area contributed by atoms with E-state index in [1.165, 1.54) is 38.5 Å². The molecule has 0 amide bonds. The Kier molecular flexibility index (Phi) is 5.47. The summed E-state index contributed by atoms with van der Waals surface area (Å²) in [6.07, 6.45) is 7.93. The molecule has 0 aromatic carbocycles. The number of amidine groups is 1. The van der Waals surface area contributed by atoms with Gasteiger partial charge in [0.05, 0.1) is 0 Å². The van der Waals surface area contributed by atoms with Gasteiger partial charge in [0.15, 0.2) is 0 Å². The highest BCUT2D eigenvalue weighted by atomic mass is 16.4. The Morgan fingerprint density at radius 2 is 2.00 bits per heavy atom. The summed E-state index contributed by atoms with van der Waals surface area (Å²) >= 11 is 0. The summed E-state index contributed by atoms with van der Waals surface area (Å²) in [6.45, 7) is 2.78. The lowest BCUT2D eigenvalue weighted by Gasteiger charge is -2.18. The van der Waals surface area contributed by atoms with Gasteiger partial charge in [-0.15, -0.1) is 0 Å². The Morgan fingerprint density at radius 3 is 2.53 bits per heavy atom. The van der Waals surface area contributed by atoms with E-state index in [0.29, 0.717) is 11.9 Å². The zero-order valence-electron chi connectivity index (χ0n) is 9.58. The second kappa shape index (κ2) is 6.67. The van der Waals surface area contributed by atoms with Crippen LogP contribution >= 0.6 is 0 Å². The summed E-state index contributed by atoms with van der Waals surface area (Å²) in [6, 6.07) is 0.626. The minimum Gasteiger partial charge on any atom is -0.409 e. The number of nitrogens with zero attached hydrogens (tertiary/aromatic N) is 1. The fraction of sp³-hybridized carbons (Fsp3) is 0.909. The van der Waals surface area contributed by atoms with Gasteiger partial charge in [0.1, 0.15) is 5.84 Å². The van der Waals surface area contributed by atoms with Gasteiger partial charge in [0.25, 0.3) is 0 Å². The fourth-order valence-electron chi connectivity index (χ4n) is 2.03. The average Bonchev–Trinajstić information content (AvgIpc) is 2.53. The van der Waals surface area contributed by atoms with Crippen LogP contribution in [-0.4, -0.2) is 23.6 Å². The highest BCUT2D eigenvalue weighted by Crippen LogP contribution is 2.17. The molecule has 0 aliphatic heterocycles. The topological polar surface area (TPSA) is 70.6 Å². The third-order valence-corrected chi connectivity index (χ3v) is 3.19. The number of hydrogen-bond donors (Lipinski definition) is 3. The van der Waals surface area contributed by atoms with Crippen molar-refractivity contribution < 1.29 is 5.21 Å². The van der Waals surface area contributed by atoms with Crippen LogP contribution in [0.3, 0.4) is 0 Å². The van der Waals surface area contributed by atoms with Crippen LogP contribution in [0.5, 0.6) is 0 Å². The van der Waals surface area contributed by atoms with Gasteiger partial charge in [0.2, 0.25) is 0 Å². The second-order valence-electron chi connectivity index (χ2n) is 4.52. The first kappa shape index (κ1) is 12.3. The van der Waals surface area contributed by atoms with Gasteiger partial charge in [-0.3, -0.25) is 0 Å². The molecule has 0 saturated heterocycles. The summed E-state index contributed by atoms with van der Waals surface area (Å²) in [5.74, 6) is 0.425. The smallest absolute Gasteiger partial charge is 0.143 e. The van der Waals surface area contributed by atoms with Gasteiger partial charge in [0, 0.05) is 18.5 Å². The van der Waals surface area contributed by atoms with Gasteiger partial charge < -0.3 is 16.3 Å². The second-order valence-corrected chi connectivity index (χ2v) is 4.52. The van der Waals surface area contributed by atoms with E-state index in [9.17, 15) is 0 Å². The average molecular weight is 213 g/mol. The first-order valence-electron chi connectivity index (χ1n) is 5.95. The molecule has 0 radical (unpaired) electrons. The van der Waals surface area contributed by atoms with Crippen LogP contribution in [0.2, 0.25) is 0 Å². The standard InChI is InChI=1S/C11H23N3O/c1-9(11(12)14-15)8-13-10-6-4-2-3-5-7-10/h9-10,13,15H,2-8H2,1H3,(H2,12,14). The quantitative estimate of drug-likeness (QED) is 0.219. The Bertz CT molecular complexity index is 198. The highest BCUT2D eigenvalue weighted by Gasteiger charge is 2.14. The summed E-state index contributed by atoms with van der Waals surface area (Å²) in [4.78, 5) is 0. The minimum absolute atomic E-state index is 0.109. The maximum Gasteiger partial charge on any atom is 0.143 e. The number of rotatable bonds is 4. The molecule has 0 heterocycles. The van der Waals surface area contributed by atoms with Crippen molar-refractivity contribution >= 4 is 5.84 Å². The van der Waals surface area contributed by atoms with Crippen LogP contribution in [-0.2, 0) is 0 Å². The minimum atomic E-state index is 0.109. The molecule has 1 rings (SSSR count). The van der Waals surface area contributed by atoms with Gasteiger partial charge in [-0.05, 0) is 12.8 Å². The largest absolute Gasteiger partial charge is 0.409 e. The van der Waals surface area contributed by atoms with Crippen LogP contribution < -0.4 is 11.1 Å². The summed E-state index contributed by atoms with van der Waals surface area (Å²) in [5.41, 5.74) is 5.52. The predicted octanol–water partition coefficient (Wildman–Crippen LogP) is 1.68. The molecule has 0 aromatic heterocycles. The number of oxime groups is 1. The van der Waals surface area contributed by atoms with Gasteiger partial charge in [-0.25, -0.2) is 0 Å². The molecule has 4 N–H and O–H groups in total. The lowest BCUT2D eigenvalue weighted by molar-refractivity contribution is 0.313. The molecule has 1 unspecified atom stereocenters. The van der Waals surface area contributed by atoms with E-state index in [4.69, 9.17) is 10.9 Å². The van der Waals surface area contributed by atoms with Crippen LogP contribution in [0.4, 0.5) is 0 Å². The van der Waals surface area contributed by atoms with E-state index in [0.717, 1.165) is 6.54 Å². The summed E-state index contributed by atoms with van der Waals surface area (Å²) in [7, 11) is 0. The van der Waals surface area contributed by atoms with E-state index in [-0.39, 0.29) is 5.92 Å². The normalized spacial score (nSPS) is 22.3. The SMILES string of the molecule is CC(CNC1CCCCCC1)C(N)=NO. The van der Waals surface area contributed by atoms with Crippen molar-refractivity contribution in [2.45, 2.75) is 51.5 Å². The molecule has 15 heavy (non-hydrogen) atoms. The van der Waals surface area contributed by atoms with Gasteiger partial charge in [-0.2, -0.15) is 0 Å². The molecule has 88 valence electrons. The molecule has 1 saturated carbocycles. The Labute approximate surface area is 91.9 Å². The molecular weight excluding hydrogens is 190 g/mol. The van der Waals surface area contributed by atoms with Crippen molar-refractivity contribution in [1.29, 1.82) is 0 Å². The van der Waals surface area contributed by atoms with Crippen LogP contribution in [0.1, 0.15) is 45.4 Å². The van der Waals surface area contributed by atoms with Gasteiger partial charge in [-0.1, -0.05) is 37.8 Å². The number of hydrogen-bond acceptors (Lipinski definition) is 3. The van der Waals surface area contributed by atoms with E-state index < -0.39 is 0 Å². The first-order valence-corrected chi connectivity index (χ1v) is 5.95. The lowest BCUT2D eigenvalue weighted by atomic mass is 10.1. The molecule has 4 nitrogen and oxygen atoms in total. The molecule has 0 aromatic rings.